The Morgan fingerprint density at radius 1 is 1.30 bits per heavy atom. The van der Waals surface area contributed by atoms with Gasteiger partial charge in [-0.05, 0) is 25.7 Å². The topological polar surface area (TPSA) is 63.7 Å². The number of sulfone groups is 1. The van der Waals surface area contributed by atoms with E-state index in [-0.39, 0.29) is 17.4 Å². The van der Waals surface area contributed by atoms with E-state index in [4.69, 9.17) is 4.74 Å². The summed E-state index contributed by atoms with van der Waals surface area (Å²) in [6.07, 6.45) is 0.846. The molecular formula is C14H27NO4S. The van der Waals surface area contributed by atoms with Crippen molar-refractivity contribution < 1.29 is 17.9 Å². The lowest BCUT2D eigenvalue weighted by Crippen LogP contribution is -2.39. The van der Waals surface area contributed by atoms with Crippen LogP contribution in [0.25, 0.3) is 0 Å². The molecule has 5 nitrogen and oxygen atoms in total. The van der Waals surface area contributed by atoms with Crippen LogP contribution in [0.5, 0.6) is 0 Å². The van der Waals surface area contributed by atoms with Crippen molar-refractivity contribution in [3.63, 3.8) is 0 Å². The predicted octanol–water partition coefficient (Wildman–Crippen LogP) is 1.47. The molecule has 1 amide bonds. The van der Waals surface area contributed by atoms with Crippen molar-refractivity contribution in [2.75, 3.05) is 25.4 Å². The number of nitrogens with zero attached hydrogens (tertiary/aromatic N) is 1. The summed E-state index contributed by atoms with van der Waals surface area (Å²) in [5, 5.41) is -0.517. The third-order valence-electron chi connectivity index (χ3n) is 3.70. The first-order valence-electron chi connectivity index (χ1n) is 7.15. The number of amides is 1. The van der Waals surface area contributed by atoms with Crippen LogP contribution in [0.1, 0.15) is 41.0 Å². The molecule has 0 aromatic heterocycles. The van der Waals surface area contributed by atoms with Crippen molar-refractivity contribution >= 4 is 15.7 Å². The maximum Gasteiger partial charge on any atom is 0.237 e. The Morgan fingerprint density at radius 3 is 2.40 bits per heavy atom. The average Bonchev–Trinajstić information content (AvgIpc) is 2.52. The average molecular weight is 305 g/mol. The summed E-state index contributed by atoms with van der Waals surface area (Å²) in [5.41, 5.74) is 0.0308. The van der Waals surface area contributed by atoms with Gasteiger partial charge in [0.1, 0.15) is 5.75 Å². The third-order valence-corrected chi connectivity index (χ3v) is 5.79. The highest BCUT2D eigenvalue weighted by Crippen LogP contribution is 2.26. The zero-order chi connectivity index (χ0) is 15.6. The van der Waals surface area contributed by atoms with Crippen molar-refractivity contribution in [2.24, 2.45) is 5.41 Å². The molecule has 20 heavy (non-hydrogen) atoms. The van der Waals surface area contributed by atoms with Crippen LogP contribution in [0.2, 0.25) is 0 Å². The molecule has 0 spiro atoms. The van der Waals surface area contributed by atoms with Gasteiger partial charge in [-0.3, -0.25) is 4.79 Å². The molecule has 0 saturated carbocycles. The van der Waals surface area contributed by atoms with E-state index in [0.29, 0.717) is 19.7 Å². The normalized spacial score (nSPS) is 21.9. The van der Waals surface area contributed by atoms with E-state index >= 15 is 0 Å². The summed E-state index contributed by atoms with van der Waals surface area (Å²) in [7, 11) is -3.33. The number of ether oxygens (including phenoxy) is 1. The van der Waals surface area contributed by atoms with Crippen molar-refractivity contribution in [3.8, 4) is 0 Å². The van der Waals surface area contributed by atoms with E-state index in [1.165, 1.54) is 0 Å². The first kappa shape index (κ1) is 17.4. The molecule has 1 saturated heterocycles. The lowest BCUT2D eigenvalue weighted by Gasteiger charge is -2.29. The Morgan fingerprint density at radius 2 is 1.90 bits per heavy atom. The van der Waals surface area contributed by atoms with E-state index in [1.54, 1.807) is 18.7 Å². The van der Waals surface area contributed by atoms with Crippen LogP contribution in [0, 0.1) is 5.41 Å². The monoisotopic (exact) mass is 305 g/mol. The molecule has 0 aromatic rings. The van der Waals surface area contributed by atoms with Crippen LogP contribution in [-0.2, 0) is 19.4 Å². The molecule has 1 fully saturated rings. The number of rotatable bonds is 3. The highest BCUT2D eigenvalue weighted by molar-refractivity contribution is 7.92. The largest absolute Gasteiger partial charge is 0.376 e. The fraction of sp³-hybridized carbons (Fsp3) is 0.929. The number of hydrogen-bond donors (Lipinski definition) is 0. The van der Waals surface area contributed by atoms with Crippen LogP contribution >= 0.6 is 0 Å². The van der Waals surface area contributed by atoms with Gasteiger partial charge in [-0.2, -0.15) is 0 Å². The van der Waals surface area contributed by atoms with Crippen LogP contribution in [0.4, 0.5) is 0 Å². The summed E-state index contributed by atoms with van der Waals surface area (Å²) < 4.78 is 29.4. The van der Waals surface area contributed by atoms with Gasteiger partial charge in [-0.1, -0.05) is 20.8 Å². The van der Waals surface area contributed by atoms with Gasteiger partial charge in [0.25, 0.3) is 0 Å². The summed E-state index contributed by atoms with van der Waals surface area (Å²) in [5.74, 6) is -0.706. The minimum atomic E-state index is -3.33. The summed E-state index contributed by atoms with van der Waals surface area (Å²) >= 11 is 0. The SMILES string of the molecule is CC(C)S(=O)(=O)CC(=O)N1CCOC(C(C)(C)C)CC1. The van der Waals surface area contributed by atoms with Crippen molar-refractivity contribution in [3.05, 3.63) is 0 Å². The summed E-state index contributed by atoms with van der Waals surface area (Å²) in [6, 6.07) is 0. The minimum Gasteiger partial charge on any atom is -0.376 e. The quantitative estimate of drug-likeness (QED) is 0.792. The highest BCUT2D eigenvalue weighted by atomic mass is 32.2. The van der Waals surface area contributed by atoms with E-state index in [2.05, 4.69) is 20.8 Å². The molecule has 1 rings (SSSR count). The van der Waals surface area contributed by atoms with Crippen molar-refractivity contribution in [2.45, 2.75) is 52.4 Å². The molecule has 1 aliphatic heterocycles. The Kier molecular flexibility index (Phi) is 5.61. The van der Waals surface area contributed by atoms with E-state index < -0.39 is 20.8 Å². The van der Waals surface area contributed by atoms with Crippen LogP contribution < -0.4 is 0 Å². The Bertz CT molecular complexity index is 437. The first-order chi connectivity index (χ1) is 9.04. The first-order valence-corrected chi connectivity index (χ1v) is 8.86. The molecular weight excluding hydrogens is 278 g/mol. The zero-order valence-corrected chi connectivity index (χ0v) is 14.0. The molecule has 118 valence electrons. The molecule has 1 atom stereocenters. The molecule has 0 aliphatic carbocycles. The Hall–Kier alpha value is -0.620. The molecule has 6 heteroatoms. The van der Waals surface area contributed by atoms with Gasteiger partial charge in [0.2, 0.25) is 5.91 Å². The van der Waals surface area contributed by atoms with Crippen LogP contribution in [-0.4, -0.2) is 56.0 Å². The van der Waals surface area contributed by atoms with E-state index in [1.807, 2.05) is 0 Å². The van der Waals surface area contributed by atoms with Crippen molar-refractivity contribution in [1.29, 1.82) is 0 Å². The second-order valence-electron chi connectivity index (χ2n) is 6.75. The van der Waals surface area contributed by atoms with Gasteiger partial charge in [0.15, 0.2) is 9.84 Å². The Labute approximate surface area is 122 Å². The van der Waals surface area contributed by atoms with E-state index in [9.17, 15) is 13.2 Å². The summed E-state index contributed by atoms with van der Waals surface area (Å²) in [6.45, 7) is 11.0. The molecule has 0 N–H and O–H groups in total. The molecule has 1 unspecified atom stereocenters. The van der Waals surface area contributed by atoms with Crippen molar-refractivity contribution in [1.82, 2.24) is 4.90 Å². The molecule has 1 heterocycles. The number of carbonyl (C=O) groups excluding carboxylic acids is 1. The lowest BCUT2D eigenvalue weighted by atomic mass is 9.87. The van der Waals surface area contributed by atoms with Gasteiger partial charge >= 0.3 is 0 Å². The molecule has 0 bridgehead atoms. The zero-order valence-electron chi connectivity index (χ0n) is 13.2. The van der Waals surface area contributed by atoms with Gasteiger partial charge < -0.3 is 9.64 Å². The molecule has 0 aromatic carbocycles. The van der Waals surface area contributed by atoms with Gasteiger partial charge in [0.05, 0.1) is 18.0 Å². The lowest BCUT2D eigenvalue weighted by molar-refractivity contribution is -0.128. The highest BCUT2D eigenvalue weighted by Gasteiger charge is 2.31. The third kappa shape index (κ3) is 4.74. The van der Waals surface area contributed by atoms with E-state index in [0.717, 1.165) is 6.42 Å². The predicted molar refractivity (Wildman–Crippen MR) is 79.3 cm³/mol. The standard InChI is InChI=1S/C14H27NO4S/c1-11(2)20(17,18)10-13(16)15-7-6-12(14(3,4)5)19-9-8-15/h11-12H,6-10H2,1-5H3. The summed E-state index contributed by atoms with van der Waals surface area (Å²) in [4.78, 5) is 13.7. The van der Waals surface area contributed by atoms with Gasteiger partial charge in [-0.25, -0.2) is 8.42 Å². The Balaban J connectivity index is 2.64. The minimum absolute atomic E-state index is 0.0308. The fourth-order valence-corrected chi connectivity index (χ4v) is 3.00. The van der Waals surface area contributed by atoms with Gasteiger partial charge in [-0.15, -0.1) is 0 Å². The van der Waals surface area contributed by atoms with Crippen LogP contribution in [0.3, 0.4) is 0 Å². The van der Waals surface area contributed by atoms with Gasteiger partial charge in [0, 0.05) is 13.1 Å². The maximum atomic E-state index is 12.1. The fourth-order valence-electron chi connectivity index (χ4n) is 2.14. The number of carbonyl (C=O) groups is 1. The smallest absolute Gasteiger partial charge is 0.237 e. The second-order valence-corrected chi connectivity index (χ2v) is 9.31. The van der Waals surface area contributed by atoms with Crippen LogP contribution in [0.15, 0.2) is 0 Å². The molecule has 0 radical (unpaired) electrons. The number of hydrogen-bond acceptors (Lipinski definition) is 4. The second kappa shape index (κ2) is 6.43. The maximum absolute atomic E-state index is 12.1. The molecule has 1 aliphatic rings.